The van der Waals surface area contributed by atoms with Crippen LogP contribution in [0.1, 0.15) is 21.7 Å². The third-order valence-corrected chi connectivity index (χ3v) is 5.37. The first-order valence-electron chi connectivity index (χ1n) is 10.1. The number of amides is 3. The second kappa shape index (κ2) is 8.82. The van der Waals surface area contributed by atoms with Gasteiger partial charge >= 0.3 is 6.03 Å². The monoisotopic (exact) mass is 403 g/mol. The Kier molecular flexibility index (Phi) is 5.79. The molecule has 2 aromatic carbocycles. The van der Waals surface area contributed by atoms with Crippen LogP contribution < -0.4 is 11.1 Å². The van der Waals surface area contributed by atoms with E-state index in [4.69, 9.17) is 5.73 Å². The molecule has 0 saturated heterocycles. The van der Waals surface area contributed by atoms with Gasteiger partial charge in [0.2, 0.25) is 0 Å². The van der Waals surface area contributed by atoms with Crippen LogP contribution in [-0.4, -0.2) is 46.0 Å². The van der Waals surface area contributed by atoms with E-state index in [0.29, 0.717) is 44.1 Å². The minimum absolute atomic E-state index is 0.0912. The summed E-state index contributed by atoms with van der Waals surface area (Å²) >= 11 is 0. The number of nitrogens with two attached hydrogens (primary N) is 1. The van der Waals surface area contributed by atoms with Gasteiger partial charge in [-0.15, -0.1) is 0 Å². The SMILES string of the molecule is NC(=O)c1nc(-c2ccccc2)n2c1CCN(C(=O)NCCc1ccccc1)CC2. The van der Waals surface area contributed by atoms with Crippen LogP contribution in [0.4, 0.5) is 4.79 Å². The molecule has 0 spiro atoms. The number of primary amides is 1. The number of carbonyl (C=O) groups excluding carboxylic acids is 2. The van der Waals surface area contributed by atoms with Crippen molar-refractivity contribution in [2.45, 2.75) is 19.4 Å². The number of nitrogens with one attached hydrogen (secondary N) is 1. The predicted octanol–water partition coefficient (Wildman–Crippen LogP) is 2.46. The highest BCUT2D eigenvalue weighted by molar-refractivity contribution is 5.93. The average Bonchev–Trinajstić information content (AvgIpc) is 3.00. The standard InChI is InChI=1S/C23H25N5O2/c24-21(29)20-19-12-14-27(23(30)25-13-11-17-7-3-1-4-8-17)15-16-28(19)22(26-20)18-9-5-2-6-10-18/h1-10H,11-16H2,(H2,24,29)(H,25,30). The summed E-state index contributed by atoms with van der Waals surface area (Å²) in [6.07, 6.45) is 1.32. The molecule has 0 unspecified atom stereocenters. The number of hydrogen-bond acceptors (Lipinski definition) is 3. The van der Waals surface area contributed by atoms with E-state index >= 15 is 0 Å². The zero-order chi connectivity index (χ0) is 20.9. The molecule has 30 heavy (non-hydrogen) atoms. The molecule has 3 amide bonds. The maximum atomic E-state index is 12.7. The molecule has 0 aliphatic carbocycles. The van der Waals surface area contributed by atoms with E-state index in [1.807, 2.05) is 53.1 Å². The van der Waals surface area contributed by atoms with E-state index in [2.05, 4.69) is 22.4 Å². The van der Waals surface area contributed by atoms with Gasteiger partial charge in [-0.05, 0) is 12.0 Å². The number of imidazole rings is 1. The topological polar surface area (TPSA) is 93.2 Å². The summed E-state index contributed by atoms with van der Waals surface area (Å²) in [5.41, 5.74) is 8.78. The van der Waals surface area contributed by atoms with Crippen molar-refractivity contribution < 1.29 is 9.59 Å². The Morgan fingerprint density at radius 1 is 0.967 bits per heavy atom. The van der Waals surface area contributed by atoms with Crippen LogP contribution >= 0.6 is 0 Å². The Labute approximate surface area is 175 Å². The first-order valence-corrected chi connectivity index (χ1v) is 10.1. The van der Waals surface area contributed by atoms with Gasteiger partial charge in [0, 0.05) is 38.2 Å². The first kappa shape index (κ1) is 19.7. The first-order chi connectivity index (χ1) is 14.6. The van der Waals surface area contributed by atoms with Crippen LogP contribution in [0.2, 0.25) is 0 Å². The summed E-state index contributed by atoms with van der Waals surface area (Å²) in [6.45, 7) is 2.19. The predicted molar refractivity (Wildman–Crippen MR) is 115 cm³/mol. The highest BCUT2D eigenvalue weighted by atomic mass is 16.2. The third-order valence-electron chi connectivity index (χ3n) is 5.37. The number of rotatable bonds is 5. The van der Waals surface area contributed by atoms with Crippen molar-refractivity contribution in [3.8, 4) is 11.4 Å². The van der Waals surface area contributed by atoms with Crippen molar-refractivity contribution in [3.63, 3.8) is 0 Å². The van der Waals surface area contributed by atoms with E-state index in [-0.39, 0.29) is 6.03 Å². The number of fused-ring (bicyclic) bond motifs is 1. The van der Waals surface area contributed by atoms with Crippen LogP contribution in [0.25, 0.3) is 11.4 Å². The number of benzene rings is 2. The molecule has 0 saturated carbocycles. The average molecular weight is 403 g/mol. The van der Waals surface area contributed by atoms with E-state index < -0.39 is 5.91 Å². The van der Waals surface area contributed by atoms with Crippen molar-refractivity contribution in [1.82, 2.24) is 19.8 Å². The zero-order valence-electron chi connectivity index (χ0n) is 16.8. The fraction of sp³-hybridized carbons (Fsp3) is 0.261. The molecule has 1 aromatic heterocycles. The minimum Gasteiger partial charge on any atom is -0.364 e. The molecular weight excluding hydrogens is 378 g/mol. The highest BCUT2D eigenvalue weighted by Gasteiger charge is 2.26. The van der Waals surface area contributed by atoms with Crippen molar-refractivity contribution >= 4 is 11.9 Å². The molecule has 3 N–H and O–H groups in total. The van der Waals surface area contributed by atoms with Crippen LogP contribution in [-0.2, 0) is 19.4 Å². The van der Waals surface area contributed by atoms with Gasteiger partial charge in [0.15, 0.2) is 0 Å². The van der Waals surface area contributed by atoms with Gasteiger partial charge in [-0.3, -0.25) is 4.79 Å². The Bertz CT molecular complexity index is 1030. The van der Waals surface area contributed by atoms with Gasteiger partial charge in [0.25, 0.3) is 5.91 Å². The van der Waals surface area contributed by atoms with Gasteiger partial charge in [-0.1, -0.05) is 60.7 Å². The summed E-state index contributed by atoms with van der Waals surface area (Å²) in [6, 6.07) is 19.7. The summed E-state index contributed by atoms with van der Waals surface area (Å²) < 4.78 is 2.02. The quantitative estimate of drug-likeness (QED) is 0.685. The van der Waals surface area contributed by atoms with Gasteiger partial charge in [0.1, 0.15) is 11.5 Å². The number of aromatic nitrogens is 2. The lowest BCUT2D eigenvalue weighted by Crippen LogP contribution is -2.42. The van der Waals surface area contributed by atoms with Crippen molar-refractivity contribution in [2.75, 3.05) is 19.6 Å². The molecule has 4 rings (SSSR count). The van der Waals surface area contributed by atoms with Crippen molar-refractivity contribution in [2.24, 2.45) is 5.73 Å². The van der Waals surface area contributed by atoms with Crippen LogP contribution in [0.15, 0.2) is 60.7 Å². The normalized spacial score (nSPS) is 13.4. The van der Waals surface area contributed by atoms with E-state index in [1.165, 1.54) is 5.56 Å². The van der Waals surface area contributed by atoms with Gasteiger partial charge < -0.3 is 20.5 Å². The molecule has 1 aliphatic rings. The zero-order valence-corrected chi connectivity index (χ0v) is 16.8. The maximum Gasteiger partial charge on any atom is 0.317 e. The molecule has 0 bridgehead atoms. The Hall–Kier alpha value is -3.61. The van der Waals surface area contributed by atoms with Gasteiger partial charge in [0.05, 0.1) is 5.69 Å². The molecule has 1 aliphatic heterocycles. The molecular formula is C23H25N5O2. The molecule has 3 aromatic rings. The second-order valence-electron chi connectivity index (χ2n) is 7.32. The van der Waals surface area contributed by atoms with Crippen molar-refractivity contribution in [3.05, 3.63) is 77.6 Å². The summed E-state index contributed by atoms with van der Waals surface area (Å²) in [5.74, 6) is 0.174. The Balaban J connectivity index is 1.46. The fourth-order valence-corrected chi connectivity index (χ4v) is 3.83. The maximum absolute atomic E-state index is 12.7. The molecule has 7 heteroatoms. The summed E-state index contributed by atoms with van der Waals surface area (Å²) in [4.78, 5) is 31.0. The summed E-state index contributed by atoms with van der Waals surface area (Å²) in [7, 11) is 0. The largest absolute Gasteiger partial charge is 0.364 e. The lowest BCUT2D eigenvalue weighted by atomic mass is 10.1. The molecule has 0 radical (unpaired) electrons. The smallest absolute Gasteiger partial charge is 0.317 e. The van der Waals surface area contributed by atoms with E-state index in [9.17, 15) is 9.59 Å². The minimum atomic E-state index is -0.540. The fourth-order valence-electron chi connectivity index (χ4n) is 3.83. The van der Waals surface area contributed by atoms with Crippen LogP contribution in [0, 0.1) is 0 Å². The van der Waals surface area contributed by atoms with Crippen molar-refractivity contribution in [1.29, 1.82) is 0 Å². The molecule has 154 valence electrons. The highest BCUT2D eigenvalue weighted by Crippen LogP contribution is 2.25. The van der Waals surface area contributed by atoms with Crippen LogP contribution in [0.3, 0.4) is 0 Å². The molecule has 0 fully saturated rings. The lowest BCUT2D eigenvalue weighted by molar-refractivity contribution is 0.0995. The van der Waals surface area contributed by atoms with Gasteiger partial charge in [-0.25, -0.2) is 9.78 Å². The van der Waals surface area contributed by atoms with E-state index in [1.54, 1.807) is 4.90 Å². The molecule has 7 nitrogen and oxygen atoms in total. The number of nitrogens with zero attached hydrogens (tertiary/aromatic N) is 3. The second-order valence-corrected chi connectivity index (χ2v) is 7.32. The molecule has 0 atom stereocenters. The third kappa shape index (κ3) is 4.20. The van der Waals surface area contributed by atoms with Gasteiger partial charge in [-0.2, -0.15) is 0 Å². The van der Waals surface area contributed by atoms with E-state index in [0.717, 1.165) is 17.7 Å². The lowest BCUT2D eigenvalue weighted by Gasteiger charge is -2.21. The number of carbonyl (C=O) groups is 2. The molecule has 2 heterocycles. The van der Waals surface area contributed by atoms with Crippen LogP contribution in [0.5, 0.6) is 0 Å². The summed E-state index contributed by atoms with van der Waals surface area (Å²) in [5, 5.41) is 3.00. The number of hydrogen-bond donors (Lipinski definition) is 2. The Morgan fingerprint density at radius 2 is 1.67 bits per heavy atom. The number of urea groups is 1. The Morgan fingerprint density at radius 3 is 2.37 bits per heavy atom.